The van der Waals surface area contributed by atoms with Gasteiger partial charge in [0.1, 0.15) is 0 Å². The molecule has 0 fully saturated rings. The van der Waals surface area contributed by atoms with Gasteiger partial charge < -0.3 is 9.84 Å². The molecule has 0 aliphatic rings. The summed E-state index contributed by atoms with van der Waals surface area (Å²) in [7, 11) is 0. The normalized spacial score (nSPS) is 9.07. The van der Waals surface area contributed by atoms with Crippen LogP contribution in [0.15, 0.2) is 0 Å². The molecule has 0 aromatic rings. The van der Waals surface area contributed by atoms with Crippen molar-refractivity contribution in [2.75, 3.05) is 13.2 Å². The van der Waals surface area contributed by atoms with Gasteiger partial charge >= 0.3 is 5.97 Å². The lowest BCUT2D eigenvalue weighted by atomic mass is 10.2. The largest absolute Gasteiger partial charge is 0.466 e. The summed E-state index contributed by atoms with van der Waals surface area (Å²) in [6.45, 7) is 6.48. The highest BCUT2D eigenvalue weighted by atomic mass is 16.5. The van der Waals surface area contributed by atoms with E-state index >= 15 is 0 Å². The lowest BCUT2D eigenvalue weighted by Gasteiger charge is -1.96. The Hall–Kier alpha value is -0.570. The fraction of sp³-hybridized carbons (Fsp3) is 0.917. The summed E-state index contributed by atoms with van der Waals surface area (Å²) >= 11 is 0. The number of ether oxygens (including phenoxy) is 1. The number of carbonyl (C=O) groups is 1. The number of hydrogen-bond acceptors (Lipinski definition) is 3. The van der Waals surface area contributed by atoms with E-state index in [4.69, 9.17) is 5.11 Å². The second-order valence-electron chi connectivity index (χ2n) is 3.34. The van der Waals surface area contributed by atoms with E-state index < -0.39 is 0 Å². The Balaban J connectivity index is 0. The summed E-state index contributed by atoms with van der Waals surface area (Å²) in [4.78, 5) is 10.3. The molecule has 0 saturated carbocycles. The van der Waals surface area contributed by atoms with Gasteiger partial charge in [-0.25, -0.2) is 0 Å². The molecule has 0 heterocycles. The van der Waals surface area contributed by atoms with Crippen LogP contribution >= 0.6 is 0 Å². The van der Waals surface area contributed by atoms with E-state index in [-0.39, 0.29) is 19.0 Å². The summed E-state index contributed by atoms with van der Waals surface area (Å²) < 4.78 is 4.48. The molecule has 0 bridgehead atoms. The van der Waals surface area contributed by atoms with Crippen LogP contribution in [0.1, 0.15) is 59.3 Å². The molecule has 15 heavy (non-hydrogen) atoms. The monoisotopic (exact) mass is 218 g/mol. The van der Waals surface area contributed by atoms with E-state index in [1.807, 2.05) is 0 Å². The zero-order valence-corrected chi connectivity index (χ0v) is 10.4. The average molecular weight is 218 g/mol. The molecule has 0 rings (SSSR count). The Morgan fingerprint density at radius 1 is 1.07 bits per heavy atom. The zero-order chi connectivity index (χ0) is 11.9. The van der Waals surface area contributed by atoms with Gasteiger partial charge in [-0.15, -0.1) is 0 Å². The second-order valence-corrected chi connectivity index (χ2v) is 3.34. The SMILES string of the molecule is CCCCCCC.CCOC(=O)CCO. The summed E-state index contributed by atoms with van der Waals surface area (Å²) in [5, 5.41) is 8.16. The van der Waals surface area contributed by atoms with Crippen LogP contribution in [0, 0.1) is 0 Å². The van der Waals surface area contributed by atoms with Gasteiger partial charge in [-0.3, -0.25) is 4.79 Å². The lowest BCUT2D eigenvalue weighted by Crippen LogP contribution is -2.05. The van der Waals surface area contributed by atoms with Gasteiger partial charge in [0.05, 0.1) is 19.6 Å². The smallest absolute Gasteiger partial charge is 0.308 e. The van der Waals surface area contributed by atoms with Gasteiger partial charge in [0, 0.05) is 0 Å². The summed E-state index contributed by atoms with van der Waals surface area (Å²) in [5.41, 5.74) is 0. The topological polar surface area (TPSA) is 46.5 Å². The van der Waals surface area contributed by atoms with Crippen LogP contribution < -0.4 is 0 Å². The van der Waals surface area contributed by atoms with E-state index in [0.717, 1.165) is 0 Å². The first-order valence-corrected chi connectivity index (χ1v) is 5.99. The van der Waals surface area contributed by atoms with Gasteiger partial charge in [0.25, 0.3) is 0 Å². The number of esters is 1. The number of aliphatic hydroxyl groups is 1. The van der Waals surface area contributed by atoms with Crippen LogP contribution in [0.3, 0.4) is 0 Å². The first kappa shape index (κ1) is 16.8. The molecule has 3 nitrogen and oxygen atoms in total. The molecular formula is C12H26O3. The van der Waals surface area contributed by atoms with Crippen molar-refractivity contribution in [3.05, 3.63) is 0 Å². The molecule has 0 aromatic heterocycles. The maximum atomic E-state index is 10.3. The molecule has 1 N–H and O–H groups in total. The summed E-state index contributed by atoms with van der Waals surface area (Å²) in [6.07, 6.45) is 7.11. The Morgan fingerprint density at radius 3 is 1.93 bits per heavy atom. The van der Waals surface area contributed by atoms with Gasteiger partial charge in [0.2, 0.25) is 0 Å². The molecule has 3 heteroatoms. The molecular weight excluding hydrogens is 192 g/mol. The minimum atomic E-state index is -0.338. The lowest BCUT2D eigenvalue weighted by molar-refractivity contribution is -0.143. The Labute approximate surface area is 93.8 Å². The quantitative estimate of drug-likeness (QED) is 0.528. The highest BCUT2D eigenvalue weighted by Crippen LogP contribution is 2.00. The molecule has 0 aromatic carbocycles. The van der Waals surface area contributed by atoms with Crippen LogP contribution in [-0.4, -0.2) is 24.3 Å². The predicted octanol–water partition coefficient (Wildman–Crippen LogP) is 2.91. The van der Waals surface area contributed by atoms with Crippen molar-refractivity contribution in [3.63, 3.8) is 0 Å². The van der Waals surface area contributed by atoms with Crippen molar-refractivity contribution < 1.29 is 14.6 Å². The molecule has 0 radical (unpaired) electrons. The fourth-order valence-corrected chi connectivity index (χ4v) is 1.00. The fourth-order valence-electron chi connectivity index (χ4n) is 1.00. The van der Waals surface area contributed by atoms with Crippen LogP contribution in [0.4, 0.5) is 0 Å². The van der Waals surface area contributed by atoms with Gasteiger partial charge in [-0.1, -0.05) is 46.0 Å². The molecule has 0 saturated heterocycles. The third-order valence-electron chi connectivity index (χ3n) is 1.83. The van der Waals surface area contributed by atoms with Crippen LogP contribution in [0.5, 0.6) is 0 Å². The summed E-state index contributed by atoms with van der Waals surface area (Å²) in [6, 6.07) is 0. The zero-order valence-electron chi connectivity index (χ0n) is 10.4. The molecule has 0 aliphatic heterocycles. The molecule has 0 aliphatic carbocycles. The van der Waals surface area contributed by atoms with Gasteiger partial charge in [0.15, 0.2) is 0 Å². The third-order valence-corrected chi connectivity index (χ3v) is 1.83. The number of unbranched alkanes of at least 4 members (excludes halogenated alkanes) is 4. The minimum absolute atomic E-state index is 0.105. The van der Waals surface area contributed by atoms with Gasteiger partial charge in [-0.2, -0.15) is 0 Å². The van der Waals surface area contributed by atoms with Crippen LogP contribution in [0.2, 0.25) is 0 Å². The van der Waals surface area contributed by atoms with Crippen molar-refractivity contribution in [3.8, 4) is 0 Å². The maximum Gasteiger partial charge on any atom is 0.308 e. The highest BCUT2D eigenvalue weighted by molar-refractivity contribution is 5.69. The van der Waals surface area contributed by atoms with Crippen molar-refractivity contribution >= 4 is 5.97 Å². The standard InChI is InChI=1S/C7H16.C5H10O3/c1-3-5-7-6-4-2;1-2-8-5(7)3-4-6/h3-7H2,1-2H3;6H,2-4H2,1H3. The first-order chi connectivity index (χ1) is 7.22. The minimum Gasteiger partial charge on any atom is -0.466 e. The van der Waals surface area contributed by atoms with Gasteiger partial charge in [-0.05, 0) is 6.92 Å². The van der Waals surface area contributed by atoms with E-state index in [0.29, 0.717) is 6.61 Å². The molecule has 0 spiro atoms. The number of carbonyl (C=O) groups excluding carboxylic acids is 1. The number of rotatable bonds is 7. The second kappa shape index (κ2) is 15.9. The Morgan fingerprint density at radius 2 is 1.60 bits per heavy atom. The predicted molar refractivity (Wildman–Crippen MR) is 62.8 cm³/mol. The van der Waals surface area contributed by atoms with Crippen LogP contribution in [0.25, 0.3) is 0 Å². The first-order valence-electron chi connectivity index (χ1n) is 5.99. The number of aliphatic hydroxyl groups excluding tert-OH is 1. The Bertz CT molecular complexity index is 112. The van der Waals surface area contributed by atoms with E-state index in [2.05, 4.69) is 18.6 Å². The van der Waals surface area contributed by atoms with Crippen molar-refractivity contribution in [1.82, 2.24) is 0 Å². The summed E-state index contributed by atoms with van der Waals surface area (Å²) in [5.74, 6) is -0.338. The molecule has 0 amide bonds. The molecule has 0 unspecified atom stereocenters. The highest BCUT2D eigenvalue weighted by Gasteiger charge is 1.96. The van der Waals surface area contributed by atoms with E-state index in [1.54, 1.807) is 6.92 Å². The van der Waals surface area contributed by atoms with Crippen molar-refractivity contribution in [2.45, 2.75) is 59.3 Å². The Kier molecular flexibility index (Phi) is 17.8. The van der Waals surface area contributed by atoms with Crippen LogP contribution in [-0.2, 0) is 9.53 Å². The molecule has 92 valence electrons. The van der Waals surface area contributed by atoms with Crippen molar-refractivity contribution in [2.24, 2.45) is 0 Å². The maximum absolute atomic E-state index is 10.3. The van der Waals surface area contributed by atoms with E-state index in [1.165, 1.54) is 32.1 Å². The molecule has 0 atom stereocenters. The third kappa shape index (κ3) is 19.7. The van der Waals surface area contributed by atoms with Crippen molar-refractivity contribution in [1.29, 1.82) is 0 Å². The van der Waals surface area contributed by atoms with E-state index in [9.17, 15) is 4.79 Å². The average Bonchev–Trinajstić information content (AvgIpc) is 2.20. The number of hydrogen-bond donors (Lipinski definition) is 1.